The van der Waals surface area contributed by atoms with E-state index in [1.807, 2.05) is 6.07 Å². The van der Waals surface area contributed by atoms with Gasteiger partial charge in [-0.25, -0.2) is 4.79 Å². The van der Waals surface area contributed by atoms with Crippen LogP contribution in [0, 0.1) is 0 Å². The van der Waals surface area contributed by atoms with E-state index in [0.29, 0.717) is 18.7 Å². The maximum absolute atomic E-state index is 11.7. The van der Waals surface area contributed by atoms with Crippen LogP contribution in [0.5, 0.6) is 0 Å². The normalized spacial score (nSPS) is 12.2. The Bertz CT molecular complexity index is 366. The second kappa shape index (κ2) is 7.04. The molecule has 1 unspecified atom stereocenters. The second-order valence-corrected chi connectivity index (χ2v) is 3.96. The first-order valence-electron chi connectivity index (χ1n) is 5.91. The van der Waals surface area contributed by atoms with Gasteiger partial charge in [-0.1, -0.05) is 25.5 Å². The Labute approximate surface area is 102 Å². The molecule has 0 saturated carbocycles. The lowest BCUT2D eigenvalue weighted by molar-refractivity contribution is 0.0499. The zero-order valence-electron chi connectivity index (χ0n) is 10.2. The van der Waals surface area contributed by atoms with Crippen LogP contribution >= 0.6 is 0 Å². The Hall–Kier alpha value is -1.39. The molecular weight excluding hydrogens is 216 g/mol. The van der Waals surface area contributed by atoms with Gasteiger partial charge in [-0.15, -0.1) is 0 Å². The molecule has 0 bridgehead atoms. The Kier molecular flexibility index (Phi) is 5.66. The van der Waals surface area contributed by atoms with Crippen molar-refractivity contribution in [1.29, 1.82) is 0 Å². The van der Waals surface area contributed by atoms with Crippen LogP contribution in [0.2, 0.25) is 0 Å². The van der Waals surface area contributed by atoms with E-state index in [2.05, 4.69) is 6.92 Å². The Morgan fingerprint density at radius 1 is 1.47 bits per heavy atom. The lowest BCUT2D eigenvalue weighted by Crippen LogP contribution is -2.21. The average Bonchev–Trinajstić information content (AvgIpc) is 2.38. The molecule has 4 heteroatoms. The minimum atomic E-state index is -0.301. The molecule has 17 heavy (non-hydrogen) atoms. The third-order valence-electron chi connectivity index (χ3n) is 2.54. The van der Waals surface area contributed by atoms with E-state index in [9.17, 15) is 4.79 Å². The second-order valence-electron chi connectivity index (χ2n) is 3.96. The van der Waals surface area contributed by atoms with Gasteiger partial charge >= 0.3 is 5.97 Å². The van der Waals surface area contributed by atoms with E-state index < -0.39 is 0 Å². The van der Waals surface area contributed by atoms with E-state index in [1.165, 1.54) is 0 Å². The van der Waals surface area contributed by atoms with Crippen molar-refractivity contribution in [3.63, 3.8) is 0 Å². The number of rotatable bonds is 6. The molecule has 94 valence electrons. The summed E-state index contributed by atoms with van der Waals surface area (Å²) in [5.74, 6) is -0.301. The number of esters is 1. The fourth-order valence-electron chi connectivity index (χ4n) is 1.42. The van der Waals surface area contributed by atoms with Gasteiger partial charge in [0.05, 0.1) is 12.2 Å². The lowest BCUT2D eigenvalue weighted by Gasteiger charge is -2.10. The maximum Gasteiger partial charge on any atom is 0.338 e. The van der Waals surface area contributed by atoms with Crippen molar-refractivity contribution < 1.29 is 9.53 Å². The molecule has 0 aliphatic carbocycles. The van der Waals surface area contributed by atoms with Crippen molar-refractivity contribution >= 4 is 5.97 Å². The van der Waals surface area contributed by atoms with E-state index >= 15 is 0 Å². The molecule has 4 nitrogen and oxygen atoms in total. The maximum atomic E-state index is 11.7. The number of carbonyl (C=O) groups excluding carboxylic acids is 1. The van der Waals surface area contributed by atoms with Crippen LogP contribution in [-0.4, -0.2) is 19.1 Å². The summed E-state index contributed by atoms with van der Waals surface area (Å²) in [7, 11) is 0. The SMILES string of the molecule is CCCCOC(=O)c1cccc(C(N)CN)c1. The fraction of sp³-hybridized carbons (Fsp3) is 0.462. The molecule has 1 aromatic rings. The van der Waals surface area contributed by atoms with Gasteiger partial charge in [-0.2, -0.15) is 0 Å². The van der Waals surface area contributed by atoms with Crippen molar-refractivity contribution in [1.82, 2.24) is 0 Å². The highest BCUT2D eigenvalue weighted by Crippen LogP contribution is 2.12. The minimum absolute atomic E-state index is 0.238. The predicted molar refractivity (Wildman–Crippen MR) is 67.6 cm³/mol. The molecular formula is C13H20N2O2. The standard InChI is InChI=1S/C13H20N2O2/c1-2-3-7-17-13(16)11-6-4-5-10(8-11)12(15)9-14/h4-6,8,12H,2-3,7,9,14-15H2,1H3. The van der Waals surface area contributed by atoms with Crippen LogP contribution < -0.4 is 11.5 Å². The molecule has 1 rings (SSSR count). The molecule has 4 N–H and O–H groups in total. The Balaban J connectivity index is 2.67. The number of hydrogen-bond acceptors (Lipinski definition) is 4. The van der Waals surface area contributed by atoms with Crippen molar-refractivity contribution in [2.75, 3.05) is 13.2 Å². The van der Waals surface area contributed by atoms with E-state index in [1.54, 1.807) is 18.2 Å². The number of hydrogen-bond donors (Lipinski definition) is 2. The molecule has 0 aliphatic heterocycles. The molecule has 0 fully saturated rings. The highest BCUT2D eigenvalue weighted by molar-refractivity contribution is 5.89. The van der Waals surface area contributed by atoms with Crippen LogP contribution in [0.3, 0.4) is 0 Å². The largest absolute Gasteiger partial charge is 0.462 e. The zero-order chi connectivity index (χ0) is 12.7. The summed E-state index contributed by atoms with van der Waals surface area (Å²) in [5.41, 5.74) is 12.7. The van der Waals surface area contributed by atoms with Crippen LogP contribution in [0.15, 0.2) is 24.3 Å². The zero-order valence-corrected chi connectivity index (χ0v) is 10.2. The first-order chi connectivity index (χ1) is 8.19. The van der Waals surface area contributed by atoms with Gasteiger partial charge in [-0.3, -0.25) is 0 Å². The van der Waals surface area contributed by atoms with Gasteiger partial charge in [0.1, 0.15) is 0 Å². The Morgan fingerprint density at radius 2 is 2.24 bits per heavy atom. The van der Waals surface area contributed by atoms with Gasteiger partial charge < -0.3 is 16.2 Å². The fourth-order valence-corrected chi connectivity index (χ4v) is 1.42. The summed E-state index contributed by atoms with van der Waals surface area (Å²) in [4.78, 5) is 11.7. The smallest absolute Gasteiger partial charge is 0.338 e. The topological polar surface area (TPSA) is 78.3 Å². The summed E-state index contributed by atoms with van der Waals surface area (Å²) in [6, 6.07) is 6.88. The summed E-state index contributed by atoms with van der Waals surface area (Å²) in [5, 5.41) is 0. The van der Waals surface area contributed by atoms with Crippen LogP contribution in [0.25, 0.3) is 0 Å². The first-order valence-corrected chi connectivity index (χ1v) is 5.91. The van der Waals surface area contributed by atoms with Crippen LogP contribution in [-0.2, 0) is 4.74 Å². The molecule has 0 heterocycles. The molecule has 1 aromatic carbocycles. The average molecular weight is 236 g/mol. The Morgan fingerprint density at radius 3 is 2.88 bits per heavy atom. The highest BCUT2D eigenvalue weighted by Gasteiger charge is 2.10. The molecule has 0 saturated heterocycles. The van der Waals surface area contributed by atoms with E-state index in [4.69, 9.17) is 16.2 Å². The van der Waals surface area contributed by atoms with Gasteiger partial charge in [0.25, 0.3) is 0 Å². The molecule has 0 spiro atoms. The van der Waals surface area contributed by atoms with Crippen LogP contribution in [0.4, 0.5) is 0 Å². The number of nitrogens with two attached hydrogens (primary N) is 2. The predicted octanol–water partition coefficient (Wildman–Crippen LogP) is 1.60. The first kappa shape index (κ1) is 13.7. The van der Waals surface area contributed by atoms with Crippen molar-refractivity contribution in [3.05, 3.63) is 35.4 Å². The van der Waals surface area contributed by atoms with Crippen molar-refractivity contribution in [2.45, 2.75) is 25.8 Å². The quantitative estimate of drug-likeness (QED) is 0.581. The summed E-state index contributed by atoms with van der Waals surface area (Å²) in [6.07, 6.45) is 1.89. The van der Waals surface area contributed by atoms with Gasteiger partial charge in [0.2, 0.25) is 0 Å². The van der Waals surface area contributed by atoms with Crippen molar-refractivity contribution in [3.8, 4) is 0 Å². The third-order valence-corrected chi connectivity index (χ3v) is 2.54. The number of carbonyl (C=O) groups is 1. The van der Waals surface area contributed by atoms with Gasteiger partial charge in [0.15, 0.2) is 0 Å². The monoisotopic (exact) mass is 236 g/mol. The highest BCUT2D eigenvalue weighted by atomic mass is 16.5. The number of ether oxygens (including phenoxy) is 1. The van der Waals surface area contributed by atoms with Gasteiger partial charge in [-0.05, 0) is 24.1 Å². The number of benzene rings is 1. The van der Waals surface area contributed by atoms with E-state index in [0.717, 1.165) is 18.4 Å². The molecule has 1 atom stereocenters. The molecule has 0 aliphatic rings. The van der Waals surface area contributed by atoms with Crippen molar-refractivity contribution in [2.24, 2.45) is 11.5 Å². The molecule has 0 amide bonds. The lowest BCUT2D eigenvalue weighted by atomic mass is 10.0. The third kappa shape index (κ3) is 4.17. The number of unbranched alkanes of at least 4 members (excludes halogenated alkanes) is 1. The minimum Gasteiger partial charge on any atom is -0.462 e. The van der Waals surface area contributed by atoms with E-state index in [-0.39, 0.29) is 12.0 Å². The summed E-state index contributed by atoms with van der Waals surface area (Å²) >= 11 is 0. The van der Waals surface area contributed by atoms with Gasteiger partial charge in [0, 0.05) is 12.6 Å². The molecule has 0 radical (unpaired) electrons. The summed E-state index contributed by atoms with van der Waals surface area (Å²) in [6.45, 7) is 2.87. The summed E-state index contributed by atoms with van der Waals surface area (Å²) < 4.78 is 5.13. The van der Waals surface area contributed by atoms with Crippen LogP contribution in [0.1, 0.15) is 41.7 Å². The molecule has 0 aromatic heterocycles.